The third-order valence-corrected chi connectivity index (χ3v) is 5.78. The minimum Gasteiger partial charge on any atom is -0.478 e. The Kier molecular flexibility index (Phi) is 5.38. The van der Waals surface area contributed by atoms with Gasteiger partial charge in [-0.2, -0.15) is 0 Å². The Morgan fingerprint density at radius 2 is 1.91 bits per heavy atom. The maximum atomic E-state index is 12.1. The molecule has 1 amide bonds. The Morgan fingerprint density at radius 3 is 2.43 bits per heavy atom. The van der Waals surface area contributed by atoms with Gasteiger partial charge in [-0.25, -0.2) is 17.5 Å². The molecule has 1 heterocycles. The van der Waals surface area contributed by atoms with Crippen molar-refractivity contribution >= 4 is 21.9 Å². The van der Waals surface area contributed by atoms with E-state index in [-0.39, 0.29) is 30.2 Å². The van der Waals surface area contributed by atoms with E-state index in [0.29, 0.717) is 19.5 Å². The molecule has 23 heavy (non-hydrogen) atoms. The maximum Gasteiger partial charge on any atom is 0.335 e. The first-order valence-electron chi connectivity index (χ1n) is 7.33. The van der Waals surface area contributed by atoms with Crippen LogP contribution in [0.15, 0.2) is 24.3 Å². The van der Waals surface area contributed by atoms with Gasteiger partial charge in [0.2, 0.25) is 15.9 Å². The lowest BCUT2D eigenvalue weighted by molar-refractivity contribution is -0.130. The Bertz CT molecular complexity index is 684. The monoisotopic (exact) mass is 340 g/mol. The first-order chi connectivity index (χ1) is 10.8. The van der Waals surface area contributed by atoms with E-state index in [1.165, 1.54) is 21.3 Å². The second kappa shape index (κ2) is 7.10. The minimum absolute atomic E-state index is 0.142. The van der Waals surface area contributed by atoms with Crippen molar-refractivity contribution in [3.63, 3.8) is 0 Å². The summed E-state index contributed by atoms with van der Waals surface area (Å²) >= 11 is 0. The predicted molar refractivity (Wildman–Crippen MR) is 84.5 cm³/mol. The van der Waals surface area contributed by atoms with Gasteiger partial charge in [0.25, 0.3) is 0 Å². The summed E-state index contributed by atoms with van der Waals surface area (Å²) in [6, 6.07) is 6.32. The van der Waals surface area contributed by atoms with Crippen LogP contribution < -0.4 is 0 Å². The Hall–Kier alpha value is -1.93. The molecule has 0 bridgehead atoms. The molecule has 1 fully saturated rings. The Morgan fingerprint density at radius 1 is 1.26 bits per heavy atom. The Labute approximate surface area is 135 Å². The number of carboxylic acids is 1. The second-order valence-corrected chi connectivity index (χ2v) is 7.66. The molecule has 1 aromatic carbocycles. The summed E-state index contributed by atoms with van der Waals surface area (Å²) in [5, 5.41) is 8.84. The topological polar surface area (TPSA) is 95.0 Å². The van der Waals surface area contributed by atoms with Gasteiger partial charge in [0.15, 0.2) is 0 Å². The normalized spacial score (nSPS) is 17.1. The molecule has 0 spiro atoms. The van der Waals surface area contributed by atoms with Gasteiger partial charge in [-0.1, -0.05) is 12.1 Å². The van der Waals surface area contributed by atoms with Crippen molar-refractivity contribution in [2.45, 2.75) is 19.4 Å². The zero-order valence-corrected chi connectivity index (χ0v) is 13.8. The molecule has 2 rings (SSSR count). The molecule has 7 nitrogen and oxygen atoms in total. The van der Waals surface area contributed by atoms with Crippen molar-refractivity contribution in [3.8, 4) is 0 Å². The van der Waals surface area contributed by atoms with Crippen molar-refractivity contribution in [2.75, 3.05) is 25.9 Å². The Balaban J connectivity index is 1.86. The van der Waals surface area contributed by atoms with Crippen LogP contribution >= 0.6 is 0 Å². The highest BCUT2D eigenvalue weighted by molar-refractivity contribution is 7.89. The maximum absolute atomic E-state index is 12.1. The van der Waals surface area contributed by atoms with Crippen molar-refractivity contribution < 1.29 is 23.1 Å². The molecule has 126 valence electrons. The van der Waals surface area contributed by atoms with E-state index in [0.717, 1.165) is 5.56 Å². The molecular formula is C15H20N2O5S. The lowest BCUT2D eigenvalue weighted by Gasteiger charge is -2.19. The summed E-state index contributed by atoms with van der Waals surface area (Å²) in [5.41, 5.74) is 1.02. The smallest absolute Gasteiger partial charge is 0.335 e. The summed E-state index contributed by atoms with van der Waals surface area (Å²) in [5.74, 6) is -0.977. The molecule has 1 N–H and O–H groups in total. The number of carbonyl (C=O) groups is 2. The second-order valence-electron chi connectivity index (χ2n) is 5.57. The number of aromatic carboxylic acids is 1. The standard InChI is InChI=1S/C15H20N2O5S/c1-16(11-12-3-5-13(6-4-12)15(19)20)14(18)7-9-17-8-2-10-23(17,21)22/h3-6H,2,7-11H2,1H3,(H,19,20). The quantitative estimate of drug-likeness (QED) is 0.825. The van der Waals surface area contributed by atoms with Gasteiger partial charge in [-0.05, 0) is 24.1 Å². The van der Waals surface area contributed by atoms with Gasteiger partial charge in [-0.15, -0.1) is 0 Å². The molecule has 0 aliphatic carbocycles. The predicted octanol–water partition coefficient (Wildman–Crippen LogP) is 0.769. The van der Waals surface area contributed by atoms with Gasteiger partial charge < -0.3 is 10.0 Å². The highest BCUT2D eigenvalue weighted by atomic mass is 32.2. The van der Waals surface area contributed by atoms with E-state index in [4.69, 9.17) is 5.11 Å². The largest absolute Gasteiger partial charge is 0.478 e. The first-order valence-corrected chi connectivity index (χ1v) is 8.94. The highest BCUT2D eigenvalue weighted by Crippen LogP contribution is 2.14. The van der Waals surface area contributed by atoms with E-state index < -0.39 is 16.0 Å². The highest BCUT2D eigenvalue weighted by Gasteiger charge is 2.28. The summed E-state index contributed by atoms with van der Waals surface area (Å²) < 4.78 is 24.7. The number of sulfonamides is 1. The third-order valence-electron chi connectivity index (χ3n) is 3.82. The molecule has 0 radical (unpaired) electrons. The average Bonchev–Trinajstić information content (AvgIpc) is 2.83. The van der Waals surface area contributed by atoms with Crippen LogP contribution in [-0.2, 0) is 21.4 Å². The van der Waals surface area contributed by atoms with Crippen molar-refractivity contribution in [2.24, 2.45) is 0 Å². The average molecular weight is 340 g/mol. The number of amides is 1. The van der Waals surface area contributed by atoms with Gasteiger partial charge >= 0.3 is 5.97 Å². The fourth-order valence-corrected chi connectivity index (χ4v) is 4.00. The molecule has 0 aromatic heterocycles. The molecule has 1 saturated heterocycles. The number of hydrogen-bond acceptors (Lipinski definition) is 4. The number of nitrogens with zero attached hydrogens (tertiary/aromatic N) is 2. The van der Waals surface area contributed by atoms with Crippen LogP contribution in [0.3, 0.4) is 0 Å². The van der Waals surface area contributed by atoms with E-state index in [2.05, 4.69) is 0 Å². The van der Waals surface area contributed by atoms with Crippen LogP contribution in [-0.4, -0.2) is 60.5 Å². The van der Waals surface area contributed by atoms with E-state index >= 15 is 0 Å². The number of carboxylic acid groups (broad SMARTS) is 1. The van der Waals surface area contributed by atoms with E-state index in [1.807, 2.05) is 0 Å². The summed E-state index contributed by atoms with van der Waals surface area (Å²) in [7, 11) is -1.53. The van der Waals surface area contributed by atoms with E-state index in [1.54, 1.807) is 19.2 Å². The first kappa shape index (κ1) is 17.4. The van der Waals surface area contributed by atoms with Crippen LogP contribution in [0.2, 0.25) is 0 Å². The third kappa shape index (κ3) is 4.52. The molecule has 8 heteroatoms. The molecule has 1 aliphatic heterocycles. The number of carbonyl (C=O) groups excluding carboxylic acids is 1. The molecular weight excluding hydrogens is 320 g/mol. The lowest BCUT2D eigenvalue weighted by atomic mass is 10.1. The summed E-state index contributed by atoms with van der Waals surface area (Å²) in [4.78, 5) is 24.4. The summed E-state index contributed by atoms with van der Waals surface area (Å²) in [6.45, 7) is 1.05. The molecule has 0 atom stereocenters. The van der Waals surface area contributed by atoms with Gasteiger partial charge in [0, 0.05) is 33.1 Å². The SMILES string of the molecule is CN(Cc1ccc(C(=O)O)cc1)C(=O)CCN1CCCS1(=O)=O. The zero-order chi connectivity index (χ0) is 17.0. The number of benzene rings is 1. The van der Waals surface area contributed by atoms with Crippen molar-refractivity contribution in [1.29, 1.82) is 0 Å². The number of hydrogen-bond donors (Lipinski definition) is 1. The minimum atomic E-state index is -3.17. The van der Waals surface area contributed by atoms with Gasteiger partial charge in [0.1, 0.15) is 0 Å². The van der Waals surface area contributed by atoms with Crippen LogP contribution in [0.5, 0.6) is 0 Å². The lowest BCUT2D eigenvalue weighted by Crippen LogP contribution is -2.33. The molecule has 0 unspecified atom stereocenters. The fourth-order valence-electron chi connectivity index (χ4n) is 2.47. The van der Waals surface area contributed by atoms with Crippen molar-refractivity contribution in [1.82, 2.24) is 9.21 Å². The van der Waals surface area contributed by atoms with Gasteiger partial charge in [0.05, 0.1) is 11.3 Å². The number of rotatable bonds is 6. The van der Waals surface area contributed by atoms with Gasteiger partial charge in [-0.3, -0.25) is 4.79 Å². The summed E-state index contributed by atoms with van der Waals surface area (Å²) in [6.07, 6.45) is 0.755. The van der Waals surface area contributed by atoms with Crippen LogP contribution in [0.4, 0.5) is 0 Å². The fraction of sp³-hybridized carbons (Fsp3) is 0.467. The van der Waals surface area contributed by atoms with Crippen LogP contribution in [0, 0.1) is 0 Å². The van der Waals surface area contributed by atoms with Crippen LogP contribution in [0.1, 0.15) is 28.8 Å². The molecule has 1 aliphatic rings. The molecule has 1 aromatic rings. The molecule has 0 saturated carbocycles. The zero-order valence-electron chi connectivity index (χ0n) is 12.9. The van der Waals surface area contributed by atoms with Crippen LogP contribution in [0.25, 0.3) is 0 Å². The van der Waals surface area contributed by atoms with Crippen molar-refractivity contribution in [3.05, 3.63) is 35.4 Å². The van der Waals surface area contributed by atoms with E-state index in [9.17, 15) is 18.0 Å².